The molecule has 0 saturated carbocycles. The quantitative estimate of drug-likeness (QED) is 0.360. The lowest BCUT2D eigenvalue weighted by atomic mass is 10.1. The first kappa shape index (κ1) is 21.9. The molecule has 1 atom stereocenters. The van der Waals surface area contributed by atoms with Gasteiger partial charge in [-0.3, -0.25) is 14.2 Å². The summed E-state index contributed by atoms with van der Waals surface area (Å²) in [5.41, 5.74) is 8.01. The zero-order chi connectivity index (χ0) is 22.9. The van der Waals surface area contributed by atoms with Gasteiger partial charge in [-0.1, -0.05) is 36.0 Å². The number of carbonyl (C=O) groups is 2. The molecule has 1 aliphatic rings. The number of anilines is 1. The first-order valence-electron chi connectivity index (χ1n) is 10.5. The minimum absolute atomic E-state index is 0.206. The number of thiophene rings is 2. The summed E-state index contributed by atoms with van der Waals surface area (Å²) in [6.45, 7) is 1.82. The maximum atomic E-state index is 13.1. The molecule has 1 aromatic carbocycles. The van der Waals surface area contributed by atoms with Crippen LogP contribution in [0.3, 0.4) is 0 Å². The van der Waals surface area contributed by atoms with E-state index in [1.807, 2.05) is 59.3 Å². The Labute approximate surface area is 203 Å². The molecule has 7 nitrogen and oxygen atoms in total. The standard InChI is InChI=1S/C23H21N5O2S3/c1-13(21(30)25-22-18(19(24)29)15-9-5-10-16(15)33-22)32-23-27-26-20(17-11-6-12-31-17)28(23)14-7-3-2-4-8-14/h2-4,6-8,11-13H,5,9-10H2,1H3,(H2,24,29)(H,25,30)/t13-/m0/s1. The number of amides is 2. The smallest absolute Gasteiger partial charge is 0.251 e. The molecule has 10 heteroatoms. The van der Waals surface area contributed by atoms with Crippen LogP contribution in [0.25, 0.3) is 16.4 Å². The largest absolute Gasteiger partial charge is 0.365 e. The average Bonchev–Trinajstić information content (AvgIpc) is 3.58. The van der Waals surface area contributed by atoms with E-state index in [-0.39, 0.29) is 5.91 Å². The molecule has 0 radical (unpaired) electrons. The van der Waals surface area contributed by atoms with Crippen molar-refractivity contribution in [2.45, 2.75) is 36.6 Å². The van der Waals surface area contributed by atoms with Crippen molar-refractivity contribution in [2.75, 3.05) is 5.32 Å². The normalized spacial score (nSPS) is 13.6. The summed E-state index contributed by atoms with van der Waals surface area (Å²) in [4.78, 5) is 27.3. The Hall–Kier alpha value is -2.95. The fourth-order valence-corrected chi connectivity index (χ4v) is 6.76. The molecule has 33 heavy (non-hydrogen) atoms. The number of nitrogens with one attached hydrogen (secondary N) is 1. The molecular formula is C23H21N5O2S3. The monoisotopic (exact) mass is 495 g/mol. The van der Waals surface area contributed by atoms with Crippen LogP contribution in [0.5, 0.6) is 0 Å². The van der Waals surface area contributed by atoms with Gasteiger partial charge in [-0.2, -0.15) is 0 Å². The highest BCUT2D eigenvalue weighted by molar-refractivity contribution is 8.00. The summed E-state index contributed by atoms with van der Waals surface area (Å²) < 4.78 is 1.97. The summed E-state index contributed by atoms with van der Waals surface area (Å²) in [5.74, 6) is 0.0362. The Balaban J connectivity index is 1.41. The first-order valence-corrected chi connectivity index (χ1v) is 13.1. The summed E-state index contributed by atoms with van der Waals surface area (Å²) >= 11 is 4.37. The maximum Gasteiger partial charge on any atom is 0.251 e. The van der Waals surface area contributed by atoms with Crippen LogP contribution in [0.2, 0.25) is 0 Å². The molecule has 4 aromatic rings. The van der Waals surface area contributed by atoms with Gasteiger partial charge in [-0.25, -0.2) is 0 Å². The lowest BCUT2D eigenvalue weighted by Crippen LogP contribution is -2.24. The van der Waals surface area contributed by atoms with E-state index in [1.165, 1.54) is 23.1 Å². The van der Waals surface area contributed by atoms with Crippen LogP contribution >= 0.6 is 34.4 Å². The minimum Gasteiger partial charge on any atom is -0.365 e. The molecular weight excluding hydrogens is 474 g/mol. The van der Waals surface area contributed by atoms with Crippen LogP contribution < -0.4 is 11.1 Å². The van der Waals surface area contributed by atoms with Crippen molar-refractivity contribution >= 4 is 51.3 Å². The van der Waals surface area contributed by atoms with Crippen molar-refractivity contribution in [1.82, 2.24) is 14.8 Å². The van der Waals surface area contributed by atoms with E-state index in [2.05, 4.69) is 15.5 Å². The number of thioether (sulfide) groups is 1. The summed E-state index contributed by atoms with van der Waals surface area (Å²) in [6, 6.07) is 13.8. The van der Waals surface area contributed by atoms with Crippen molar-refractivity contribution in [3.8, 4) is 16.4 Å². The van der Waals surface area contributed by atoms with Crippen molar-refractivity contribution in [1.29, 1.82) is 0 Å². The van der Waals surface area contributed by atoms with Crippen LogP contribution in [0, 0.1) is 0 Å². The fraction of sp³-hybridized carbons (Fsp3) is 0.217. The van der Waals surface area contributed by atoms with Crippen LogP contribution in [0.4, 0.5) is 5.00 Å². The second-order valence-corrected chi connectivity index (χ2v) is 11.0. The van der Waals surface area contributed by atoms with Crippen molar-refractivity contribution in [3.05, 3.63) is 63.8 Å². The molecule has 3 heterocycles. The van der Waals surface area contributed by atoms with Gasteiger partial charge in [-0.05, 0) is 55.3 Å². The number of para-hydroxylation sites is 1. The third-order valence-corrected chi connectivity index (χ3v) is 8.56. The number of nitrogens with zero attached hydrogens (tertiary/aromatic N) is 3. The number of benzene rings is 1. The number of hydrogen-bond acceptors (Lipinski definition) is 7. The van der Waals surface area contributed by atoms with Gasteiger partial charge in [0.15, 0.2) is 11.0 Å². The van der Waals surface area contributed by atoms with Crippen LogP contribution in [0.1, 0.15) is 34.1 Å². The fourth-order valence-electron chi connectivity index (χ4n) is 3.90. The average molecular weight is 496 g/mol. The summed E-state index contributed by atoms with van der Waals surface area (Å²) in [7, 11) is 0. The van der Waals surface area contributed by atoms with Gasteiger partial charge < -0.3 is 11.1 Å². The zero-order valence-electron chi connectivity index (χ0n) is 17.8. The Morgan fingerprint density at radius 2 is 1.97 bits per heavy atom. The number of rotatable bonds is 7. The molecule has 0 unspecified atom stereocenters. The van der Waals surface area contributed by atoms with E-state index in [4.69, 9.17) is 5.73 Å². The molecule has 3 aromatic heterocycles. The van der Waals surface area contributed by atoms with Gasteiger partial charge in [0.05, 0.1) is 15.7 Å². The lowest BCUT2D eigenvalue weighted by Gasteiger charge is -2.14. The highest BCUT2D eigenvalue weighted by atomic mass is 32.2. The van der Waals surface area contributed by atoms with Crippen molar-refractivity contribution in [2.24, 2.45) is 5.73 Å². The van der Waals surface area contributed by atoms with E-state index in [9.17, 15) is 9.59 Å². The van der Waals surface area contributed by atoms with Gasteiger partial charge in [0.2, 0.25) is 5.91 Å². The highest BCUT2D eigenvalue weighted by Crippen LogP contribution is 2.39. The number of carbonyl (C=O) groups excluding carboxylic acids is 2. The second kappa shape index (κ2) is 9.12. The molecule has 3 N–H and O–H groups in total. The Bertz CT molecular complexity index is 1310. The van der Waals surface area contributed by atoms with E-state index >= 15 is 0 Å². The number of aryl methyl sites for hydroxylation is 1. The molecule has 1 aliphatic carbocycles. The molecule has 0 aliphatic heterocycles. The molecule has 0 fully saturated rings. The number of nitrogens with two attached hydrogens (primary N) is 1. The highest BCUT2D eigenvalue weighted by Gasteiger charge is 2.28. The molecule has 168 valence electrons. The van der Waals surface area contributed by atoms with Crippen LogP contribution in [-0.2, 0) is 17.6 Å². The van der Waals surface area contributed by atoms with Gasteiger partial charge in [0, 0.05) is 10.6 Å². The van der Waals surface area contributed by atoms with Crippen molar-refractivity contribution in [3.63, 3.8) is 0 Å². The summed E-state index contributed by atoms with van der Waals surface area (Å²) in [5, 5.41) is 14.4. The Morgan fingerprint density at radius 1 is 1.15 bits per heavy atom. The van der Waals surface area contributed by atoms with E-state index in [0.29, 0.717) is 15.7 Å². The van der Waals surface area contributed by atoms with Crippen molar-refractivity contribution < 1.29 is 9.59 Å². The molecule has 5 rings (SSSR count). The Morgan fingerprint density at radius 3 is 2.70 bits per heavy atom. The van der Waals surface area contributed by atoms with Gasteiger partial charge in [0.1, 0.15) is 5.00 Å². The third kappa shape index (κ3) is 4.21. The molecule has 0 bridgehead atoms. The van der Waals surface area contributed by atoms with Gasteiger partial charge >= 0.3 is 0 Å². The molecule has 0 saturated heterocycles. The number of fused-ring (bicyclic) bond motifs is 1. The predicted octanol–water partition coefficient (Wildman–Crippen LogP) is 4.76. The molecule has 2 amide bonds. The number of primary amides is 1. The van der Waals surface area contributed by atoms with E-state index < -0.39 is 11.2 Å². The van der Waals surface area contributed by atoms with E-state index in [0.717, 1.165) is 46.1 Å². The van der Waals surface area contributed by atoms with Crippen LogP contribution in [0.15, 0.2) is 53.0 Å². The third-order valence-electron chi connectivity index (χ3n) is 5.45. The SMILES string of the molecule is C[C@H](Sc1nnc(-c2cccs2)n1-c1ccccc1)C(=O)Nc1sc2c(c1C(N)=O)CCC2. The topological polar surface area (TPSA) is 103 Å². The zero-order valence-corrected chi connectivity index (χ0v) is 20.2. The maximum absolute atomic E-state index is 13.1. The number of aromatic nitrogens is 3. The summed E-state index contributed by atoms with van der Waals surface area (Å²) in [6.07, 6.45) is 2.77. The Kier molecular flexibility index (Phi) is 6.05. The number of hydrogen-bond donors (Lipinski definition) is 2. The first-order chi connectivity index (χ1) is 16.0. The predicted molar refractivity (Wildman–Crippen MR) is 133 cm³/mol. The van der Waals surface area contributed by atoms with Gasteiger partial charge in [0.25, 0.3) is 5.91 Å². The minimum atomic E-state index is -0.491. The second-order valence-electron chi connectivity index (χ2n) is 7.63. The lowest BCUT2D eigenvalue weighted by molar-refractivity contribution is -0.115. The van der Waals surface area contributed by atoms with E-state index in [1.54, 1.807) is 11.3 Å². The van der Waals surface area contributed by atoms with Crippen LogP contribution in [-0.4, -0.2) is 31.8 Å². The molecule has 0 spiro atoms. The van der Waals surface area contributed by atoms with Gasteiger partial charge in [-0.15, -0.1) is 32.9 Å².